The quantitative estimate of drug-likeness (QED) is 0.551. The molecule has 0 bridgehead atoms. The standard InChI is InChI=1S/C20H21BrN4OS/c21-17-9-6-15(7-10-17)8-11-19(26)23-20(27)24-25-13-2-1-5-18(25)16-4-3-12-22-14-16/h3-4,6-12,14,18H,1-2,5,13H2,(H2,23,24,26,27)/b11-8+/t18-/m1/s1. The number of amides is 1. The number of aromatic nitrogens is 1. The van der Waals surface area contributed by atoms with E-state index in [1.165, 1.54) is 6.08 Å². The lowest BCUT2D eigenvalue weighted by Gasteiger charge is -2.36. The highest BCUT2D eigenvalue weighted by atomic mass is 79.9. The molecule has 0 unspecified atom stereocenters. The van der Waals surface area contributed by atoms with E-state index in [9.17, 15) is 4.79 Å². The molecule has 1 aliphatic heterocycles. The fraction of sp³-hybridized carbons (Fsp3) is 0.250. The van der Waals surface area contributed by atoms with Crippen molar-refractivity contribution in [3.05, 3.63) is 70.5 Å². The van der Waals surface area contributed by atoms with Gasteiger partial charge >= 0.3 is 0 Å². The monoisotopic (exact) mass is 444 g/mol. The minimum absolute atomic E-state index is 0.195. The van der Waals surface area contributed by atoms with Crippen LogP contribution in [0.4, 0.5) is 0 Å². The molecular weight excluding hydrogens is 424 g/mol. The van der Waals surface area contributed by atoms with Gasteiger partial charge in [-0.2, -0.15) is 0 Å². The summed E-state index contributed by atoms with van der Waals surface area (Å²) < 4.78 is 0.999. The zero-order valence-corrected chi connectivity index (χ0v) is 17.2. The number of hydrogen-bond donors (Lipinski definition) is 2. The molecule has 7 heteroatoms. The van der Waals surface area contributed by atoms with Crippen molar-refractivity contribution in [3.8, 4) is 0 Å². The molecule has 1 saturated heterocycles. The van der Waals surface area contributed by atoms with Crippen LogP contribution in [0.5, 0.6) is 0 Å². The second-order valence-electron chi connectivity index (χ2n) is 6.31. The van der Waals surface area contributed by atoms with E-state index in [0.29, 0.717) is 5.11 Å². The summed E-state index contributed by atoms with van der Waals surface area (Å²) in [6, 6.07) is 11.9. The number of hydrogen-bond acceptors (Lipinski definition) is 4. The maximum Gasteiger partial charge on any atom is 0.250 e. The Morgan fingerprint density at radius 3 is 2.81 bits per heavy atom. The first-order valence-electron chi connectivity index (χ1n) is 8.83. The third-order valence-electron chi connectivity index (χ3n) is 4.35. The summed E-state index contributed by atoms with van der Waals surface area (Å²) in [6.45, 7) is 0.865. The lowest BCUT2D eigenvalue weighted by Crippen LogP contribution is -2.51. The molecule has 0 aliphatic carbocycles. The van der Waals surface area contributed by atoms with Crippen LogP contribution in [0.1, 0.15) is 36.4 Å². The molecule has 1 fully saturated rings. The molecule has 5 nitrogen and oxygen atoms in total. The summed E-state index contributed by atoms with van der Waals surface area (Å²) >= 11 is 8.71. The van der Waals surface area contributed by atoms with E-state index >= 15 is 0 Å². The van der Waals surface area contributed by atoms with Crippen molar-refractivity contribution < 1.29 is 4.79 Å². The van der Waals surface area contributed by atoms with Crippen LogP contribution in [0.3, 0.4) is 0 Å². The molecule has 0 spiro atoms. The van der Waals surface area contributed by atoms with Gasteiger partial charge in [0.1, 0.15) is 0 Å². The molecule has 0 saturated carbocycles. The minimum Gasteiger partial charge on any atom is -0.298 e. The Balaban J connectivity index is 1.55. The smallest absolute Gasteiger partial charge is 0.250 e. The van der Waals surface area contributed by atoms with Crippen molar-refractivity contribution in [1.82, 2.24) is 20.7 Å². The number of pyridine rings is 1. The largest absolute Gasteiger partial charge is 0.298 e. The molecule has 2 aromatic rings. The normalized spacial score (nSPS) is 17.6. The maximum absolute atomic E-state index is 12.1. The van der Waals surface area contributed by atoms with Gasteiger partial charge in [0.15, 0.2) is 5.11 Å². The molecule has 1 aromatic heterocycles. The van der Waals surface area contributed by atoms with Crippen LogP contribution in [0.2, 0.25) is 0 Å². The summed E-state index contributed by atoms with van der Waals surface area (Å²) in [5.74, 6) is -0.259. The Hall–Kier alpha value is -2.09. The van der Waals surface area contributed by atoms with Gasteiger partial charge in [-0.05, 0) is 60.5 Å². The molecule has 0 radical (unpaired) electrons. The zero-order chi connectivity index (χ0) is 19.1. The van der Waals surface area contributed by atoms with E-state index < -0.39 is 0 Å². The topological polar surface area (TPSA) is 57.3 Å². The number of thiocarbonyl (C=S) groups is 1. The lowest BCUT2D eigenvalue weighted by molar-refractivity contribution is -0.115. The Morgan fingerprint density at radius 1 is 1.26 bits per heavy atom. The van der Waals surface area contributed by atoms with Crippen molar-refractivity contribution >= 4 is 45.2 Å². The Morgan fingerprint density at radius 2 is 2.07 bits per heavy atom. The molecule has 3 rings (SSSR count). The predicted molar refractivity (Wildman–Crippen MR) is 115 cm³/mol. The van der Waals surface area contributed by atoms with E-state index in [0.717, 1.165) is 41.4 Å². The molecule has 27 heavy (non-hydrogen) atoms. The highest BCUT2D eigenvalue weighted by molar-refractivity contribution is 9.10. The molecule has 2 heterocycles. The van der Waals surface area contributed by atoms with Gasteiger partial charge < -0.3 is 0 Å². The number of nitrogens with zero attached hydrogens (tertiary/aromatic N) is 2. The van der Waals surface area contributed by atoms with Crippen LogP contribution in [-0.2, 0) is 4.79 Å². The van der Waals surface area contributed by atoms with E-state index in [1.807, 2.05) is 36.5 Å². The Bertz CT molecular complexity index is 810. The first kappa shape index (κ1) is 19.7. The first-order chi connectivity index (χ1) is 13.1. The van der Waals surface area contributed by atoms with E-state index in [2.05, 4.69) is 42.7 Å². The number of halogens is 1. The maximum atomic E-state index is 12.1. The average molecular weight is 445 g/mol. The van der Waals surface area contributed by atoms with Gasteiger partial charge in [0.2, 0.25) is 5.91 Å². The van der Waals surface area contributed by atoms with Gasteiger partial charge in [0.05, 0.1) is 6.04 Å². The predicted octanol–water partition coefficient (Wildman–Crippen LogP) is 3.99. The van der Waals surface area contributed by atoms with E-state index in [4.69, 9.17) is 12.2 Å². The van der Waals surface area contributed by atoms with Crippen LogP contribution in [0.25, 0.3) is 6.08 Å². The molecule has 1 aromatic carbocycles. The average Bonchev–Trinajstić information content (AvgIpc) is 2.68. The van der Waals surface area contributed by atoms with Crippen molar-refractivity contribution in [1.29, 1.82) is 0 Å². The number of benzene rings is 1. The fourth-order valence-corrected chi connectivity index (χ4v) is 3.52. The van der Waals surface area contributed by atoms with Gasteiger partial charge in [0.25, 0.3) is 0 Å². The summed E-state index contributed by atoms with van der Waals surface area (Å²) in [5.41, 5.74) is 5.26. The Labute approximate surface area is 173 Å². The molecule has 140 valence electrons. The second kappa shape index (κ2) is 9.73. The van der Waals surface area contributed by atoms with Gasteiger partial charge in [-0.15, -0.1) is 0 Å². The van der Waals surface area contributed by atoms with E-state index in [-0.39, 0.29) is 11.9 Å². The van der Waals surface area contributed by atoms with Crippen LogP contribution in [-0.4, -0.2) is 27.6 Å². The summed E-state index contributed by atoms with van der Waals surface area (Å²) in [6.07, 6.45) is 10.2. The number of hydrazine groups is 1. The number of carbonyl (C=O) groups is 1. The van der Waals surface area contributed by atoms with Crippen LogP contribution in [0.15, 0.2) is 59.3 Å². The summed E-state index contributed by atoms with van der Waals surface area (Å²) in [4.78, 5) is 16.3. The van der Waals surface area contributed by atoms with Crippen LogP contribution < -0.4 is 10.7 Å². The van der Waals surface area contributed by atoms with Crippen molar-refractivity contribution in [2.24, 2.45) is 0 Å². The molecule has 1 aliphatic rings. The number of carbonyl (C=O) groups excluding carboxylic acids is 1. The third-order valence-corrected chi connectivity index (χ3v) is 5.07. The zero-order valence-electron chi connectivity index (χ0n) is 14.8. The summed E-state index contributed by atoms with van der Waals surface area (Å²) in [7, 11) is 0. The Kier molecular flexibility index (Phi) is 7.09. The molecule has 2 N–H and O–H groups in total. The highest BCUT2D eigenvalue weighted by Crippen LogP contribution is 2.28. The van der Waals surface area contributed by atoms with E-state index in [1.54, 1.807) is 12.3 Å². The third kappa shape index (κ3) is 5.95. The summed E-state index contributed by atoms with van der Waals surface area (Å²) in [5, 5.41) is 5.10. The first-order valence-corrected chi connectivity index (χ1v) is 10.0. The lowest BCUT2D eigenvalue weighted by atomic mass is 9.98. The SMILES string of the molecule is O=C(/C=C/c1ccc(Br)cc1)NC(=S)NN1CCCC[C@@H]1c1cccnc1. The van der Waals surface area contributed by atoms with Gasteiger partial charge in [0, 0.05) is 29.5 Å². The molecule has 1 amide bonds. The number of nitrogens with one attached hydrogen (secondary N) is 2. The second-order valence-corrected chi connectivity index (χ2v) is 7.63. The van der Waals surface area contributed by atoms with Crippen molar-refractivity contribution in [2.45, 2.75) is 25.3 Å². The number of piperidine rings is 1. The molecule has 1 atom stereocenters. The van der Waals surface area contributed by atoms with Crippen LogP contribution >= 0.6 is 28.1 Å². The van der Waals surface area contributed by atoms with Crippen molar-refractivity contribution in [3.63, 3.8) is 0 Å². The van der Waals surface area contributed by atoms with Gasteiger partial charge in [-0.1, -0.05) is 40.5 Å². The minimum atomic E-state index is -0.259. The van der Waals surface area contributed by atoms with Gasteiger partial charge in [-0.25, -0.2) is 5.01 Å². The van der Waals surface area contributed by atoms with Crippen LogP contribution in [0, 0.1) is 0 Å². The molecular formula is C20H21BrN4OS. The van der Waals surface area contributed by atoms with Gasteiger partial charge in [-0.3, -0.25) is 20.5 Å². The highest BCUT2D eigenvalue weighted by Gasteiger charge is 2.24. The number of rotatable bonds is 4. The van der Waals surface area contributed by atoms with Crippen molar-refractivity contribution in [2.75, 3.05) is 6.54 Å². The fourth-order valence-electron chi connectivity index (χ4n) is 3.04.